The lowest BCUT2D eigenvalue weighted by Gasteiger charge is -2.11. The molecule has 1 N–H and O–H groups in total. The normalized spacial score (nSPS) is 13.4. The van der Waals surface area contributed by atoms with E-state index in [1.807, 2.05) is 42.1 Å². The second kappa shape index (κ2) is 8.40. The van der Waals surface area contributed by atoms with Crippen LogP contribution in [0.1, 0.15) is 30.0 Å². The van der Waals surface area contributed by atoms with E-state index in [1.54, 1.807) is 24.0 Å². The quantitative estimate of drug-likeness (QED) is 0.299. The standard InChI is InChI=1S/C26H21F3N6O/c1-14-11-34(13-30-14)21-8-5-17(10-22(21)36-2)31-26-32-25-19(18-6-7-20(27)24(29)23(18)28)9-16(15-3-4-15)12-35(25)33-26/h5-13,15H,3-4H2,1-2H3,(H,31,33). The number of nitrogens with one attached hydrogen (secondary N) is 1. The summed E-state index contributed by atoms with van der Waals surface area (Å²) in [6.45, 7) is 1.91. The highest BCUT2D eigenvalue weighted by molar-refractivity contribution is 5.79. The topological polar surface area (TPSA) is 69.3 Å². The molecule has 3 heterocycles. The minimum Gasteiger partial charge on any atom is -0.494 e. The number of benzene rings is 2. The van der Waals surface area contributed by atoms with Crippen molar-refractivity contribution in [1.82, 2.24) is 24.1 Å². The van der Waals surface area contributed by atoms with Crippen molar-refractivity contribution in [3.63, 3.8) is 0 Å². The van der Waals surface area contributed by atoms with Gasteiger partial charge in [-0.15, -0.1) is 5.10 Å². The van der Waals surface area contributed by atoms with Crippen LogP contribution >= 0.6 is 0 Å². The lowest BCUT2D eigenvalue weighted by atomic mass is 10.0. The molecule has 0 amide bonds. The Labute approximate surface area is 204 Å². The van der Waals surface area contributed by atoms with Gasteiger partial charge in [-0.3, -0.25) is 0 Å². The number of rotatable bonds is 6. The highest BCUT2D eigenvalue weighted by Gasteiger charge is 2.27. The van der Waals surface area contributed by atoms with Gasteiger partial charge in [-0.25, -0.2) is 22.7 Å². The first kappa shape index (κ1) is 22.1. The summed E-state index contributed by atoms with van der Waals surface area (Å²) in [7, 11) is 1.58. The summed E-state index contributed by atoms with van der Waals surface area (Å²) in [6.07, 6.45) is 7.46. The number of anilines is 2. The Morgan fingerprint density at radius 1 is 1.00 bits per heavy atom. The molecular weight excluding hydrogens is 469 g/mol. The Hall–Kier alpha value is -4.34. The van der Waals surface area contributed by atoms with Gasteiger partial charge in [-0.1, -0.05) is 0 Å². The third-order valence-corrected chi connectivity index (χ3v) is 6.25. The van der Waals surface area contributed by atoms with Crippen molar-refractivity contribution in [2.75, 3.05) is 12.4 Å². The van der Waals surface area contributed by atoms with Crippen molar-refractivity contribution in [2.24, 2.45) is 0 Å². The molecule has 6 rings (SSSR count). The van der Waals surface area contributed by atoms with E-state index in [1.165, 1.54) is 6.07 Å². The molecule has 0 atom stereocenters. The largest absolute Gasteiger partial charge is 0.494 e. The molecule has 0 aliphatic heterocycles. The number of hydrogen-bond donors (Lipinski definition) is 1. The highest BCUT2D eigenvalue weighted by atomic mass is 19.2. The second-order valence-corrected chi connectivity index (χ2v) is 8.82. The van der Waals surface area contributed by atoms with Crippen molar-refractivity contribution in [3.8, 4) is 22.6 Å². The number of aromatic nitrogens is 5. The molecule has 36 heavy (non-hydrogen) atoms. The Bertz CT molecular complexity index is 1620. The summed E-state index contributed by atoms with van der Waals surface area (Å²) >= 11 is 0. The molecule has 1 aliphatic carbocycles. The Morgan fingerprint density at radius 2 is 1.83 bits per heavy atom. The predicted octanol–water partition coefficient (Wildman–Crippen LogP) is 5.94. The minimum absolute atomic E-state index is 0.0676. The number of pyridine rings is 1. The molecule has 10 heteroatoms. The lowest BCUT2D eigenvalue weighted by molar-refractivity contribution is 0.413. The van der Waals surface area contributed by atoms with E-state index in [0.717, 1.165) is 35.9 Å². The van der Waals surface area contributed by atoms with Gasteiger partial charge >= 0.3 is 0 Å². The van der Waals surface area contributed by atoms with E-state index < -0.39 is 17.5 Å². The van der Waals surface area contributed by atoms with Crippen molar-refractivity contribution in [2.45, 2.75) is 25.7 Å². The summed E-state index contributed by atoms with van der Waals surface area (Å²) in [6, 6.07) is 9.46. The maximum atomic E-state index is 14.7. The molecule has 0 saturated heterocycles. The predicted molar refractivity (Wildman–Crippen MR) is 128 cm³/mol. The molecule has 1 fully saturated rings. The van der Waals surface area contributed by atoms with E-state index in [2.05, 4.69) is 20.4 Å². The first-order chi connectivity index (χ1) is 17.4. The number of ether oxygens (including phenoxy) is 1. The summed E-state index contributed by atoms with van der Waals surface area (Å²) in [5, 5.41) is 7.68. The highest BCUT2D eigenvalue weighted by Crippen LogP contribution is 2.42. The van der Waals surface area contributed by atoms with Gasteiger partial charge in [-0.2, -0.15) is 4.98 Å². The van der Waals surface area contributed by atoms with Gasteiger partial charge in [0.25, 0.3) is 0 Å². The van der Waals surface area contributed by atoms with Crippen LogP contribution in [0.3, 0.4) is 0 Å². The maximum Gasteiger partial charge on any atom is 0.247 e. The van der Waals surface area contributed by atoms with Crippen LogP contribution in [-0.2, 0) is 0 Å². The molecule has 0 radical (unpaired) electrons. The Morgan fingerprint density at radius 3 is 2.56 bits per heavy atom. The van der Waals surface area contributed by atoms with Gasteiger partial charge in [0.2, 0.25) is 5.95 Å². The van der Waals surface area contributed by atoms with Crippen LogP contribution < -0.4 is 10.1 Å². The fraction of sp³-hybridized carbons (Fsp3) is 0.192. The molecule has 3 aromatic heterocycles. The van der Waals surface area contributed by atoms with Gasteiger partial charge in [-0.05, 0) is 61.6 Å². The van der Waals surface area contributed by atoms with Gasteiger partial charge in [0.1, 0.15) is 5.75 Å². The molecule has 5 aromatic rings. The third kappa shape index (κ3) is 3.84. The van der Waals surface area contributed by atoms with Crippen LogP contribution in [0.15, 0.2) is 55.1 Å². The summed E-state index contributed by atoms with van der Waals surface area (Å²) in [5.74, 6) is -2.80. The van der Waals surface area contributed by atoms with Crippen molar-refractivity contribution >= 4 is 17.3 Å². The monoisotopic (exact) mass is 490 g/mol. The van der Waals surface area contributed by atoms with Crippen LogP contribution in [0.2, 0.25) is 0 Å². The van der Waals surface area contributed by atoms with Crippen molar-refractivity contribution in [1.29, 1.82) is 0 Å². The second-order valence-electron chi connectivity index (χ2n) is 8.82. The van der Waals surface area contributed by atoms with E-state index in [9.17, 15) is 13.2 Å². The van der Waals surface area contributed by atoms with Crippen LogP contribution in [0.5, 0.6) is 5.75 Å². The van der Waals surface area contributed by atoms with E-state index in [-0.39, 0.29) is 11.5 Å². The number of imidazole rings is 1. The molecule has 1 saturated carbocycles. The fourth-order valence-corrected chi connectivity index (χ4v) is 4.28. The fourth-order valence-electron chi connectivity index (χ4n) is 4.28. The molecule has 0 bridgehead atoms. The maximum absolute atomic E-state index is 14.7. The summed E-state index contributed by atoms with van der Waals surface area (Å²) < 4.78 is 51.3. The number of fused-ring (bicyclic) bond motifs is 1. The van der Waals surface area contributed by atoms with E-state index in [0.29, 0.717) is 28.6 Å². The van der Waals surface area contributed by atoms with E-state index >= 15 is 0 Å². The molecule has 2 aromatic carbocycles. The van der Waals surface area contributed by atoms with Crippen molar-refractivity contribution < 1.29 is 17.9 Å². The SMILES string of the molecule is COc1cc(Nc2nc3c(-c4ccc(F)c(F)c4F)cc(C4CC4)cn3n2)ccc1-n1cnc(C)c1. The molecule has 0 unspecified atom stereocenters. The molecule has 182 valence electrons. The average Bonchev–Trinajstić information content (AvgIpc) is 3.51. The van der Waals surface area contributed by atoms with Gasteiger partial charge in [0, 0.05) is 35.3 Å². The van der Waals surface area contributed by atoms with Gasteiger partial charge in [0.15, 0.2) is 23.1 Å². The van der Waals surface area contributed by atoms with Crippen LogP contribution in [0.25, 0.3) is 22.5 Å². The van der Waals surface area contributed by atoms with Gasteiger partial charge < -0.3 is 14.6 Å². The zero-order chi connectivity index (χ0) is 25.0. The first-order valence-corrected chi connectivity index (χ1v) is 11.4. The molecule has 0 spiro atoms. The number of methoxy groups -OCH3 is 1. The third-order valence-electron chi connectivity index (χ3n) is 6.25. The number of halogens is 3. The first-order valence-electron chi connectivity index (χ1n) is 11.4. The summed E-state index contributed by atoms with van der Waals surface area (Å²) in [5.41, 5.74) is 3.92. The Kier molecular flexibility index (Phi) is 5.17. The van der Waals surface area contributed by atoms with E-state index in [4.69, 9.17) is 4.74 Å². The van der Waals surface area contributed by atoms with Gasteiger partial charge in [0.05, 0.1) is 24.8 Å². The molecular formula is C26H21F3N6O. The Balaban J connectivity index is 1.41. The summed E-state index contributed by atoms with van der Waals surface area (Å²) in [4.78, 5) is 8.79. The van der Waals surface area contributed by atoms with Crippen LogP contribution in [-0.4, -0.2) is 31.3 Å². The molecule has 7 nitrogen and oxygen atoms in total. The van der Waals surface area contributed by atoms with Crippen LogP contribution in [0, 0.1) is 24.4 Å². The number of nitrogens with zero attached hydrogens (tertiary/aromatic N) is 5. The zero-order valence-corrected chi connectivity index (χ0v) is 19.5. The average molecular weight is 490 g/mol. The minimum atomic E-state index is -1.51. The number of aryl methyl sites for hydroxylation is 1. The lowest BCUT2D eigenvalue weighted by Crippen LogP contribution is -1.99. The van der Waals surface area contributed by atoms with Crippen molar-refractivity contribution in [3.05, 3.63) is 83.8 Å². The molecule has 1 aliphatic rings. The number of hydrogen-bond acceptors (Lipinski definition) is 5. The smallest absolute Gasteiger partial charge is 0.247 e. The zero-order valence-electron chi connectivity index (χ0n) is 19.5. The van der Waals surface area contributed by atoms with Crippen LogP contribution in [0.4, 0.5) is 24.8 Å².